The van der Waals surface area contributed by atoms with E-state index in [4.69, 9.17) is 23.7 Å². The molecular weight excluding hydrogens is 989 g/mol. The van der Waals surface area contributed by atoms with Crippen molar-refractivity contribution in [1.82, 2.24) is 30.7 Å². The van der Waals surface area contributed by atoms with Crippen LogP contribution in [0.2, 0.25) is 0 Å². The van der Waals surface area contributed by atoms with Gasteiger partial charge in [0.15, 0.2) is 0 Å². The summed E-state index contributed by atoms with van der Waals surface area (Å²) in [4.78, 5) is 102. The third kappa shape index (κ3) is 19.0. The van der Waals surface area contributed by atoms with Gasteiger partial charge in [0.25, 0.3) is 0 Å². The van der Waals surface area contributed by atoms with Gasteiger partial charge >= 0.3 is 18.2 Å². The second kappa shape index (κ2) is 31.6. The normalized spacial score (nSPS) is 17.9. The van der Waals surface area contributed by atoms with Gasteiger partial charge in [-0.05, 0) is 60.5 Å². The Bertz CT molecular complexity index is 2180. The SMILES string of the molecule is CC[C@H](C)[C@@H]([C@@H](CC(=O)N1CCC[C@H]1[C@H](OC)[C@@H](C)C(=O)N[C@H](C)[C@@H](O)c1ccccc1)OC)N(C)C(=O)[C@@H](NC(=O)[C@H](C(C)C)N(C)C(=O)OC(CC(C)C)OC(=O)[C@@H](NC(=O)OCc1ccccc1)C(C)C)C(C)C. The van der Waals surface area contributed by atoms with Crippen LogP contribution in [0, 0.1) is 35.5 Å². The number of likely N-dealkylation sites (N-methyl/N-ethyl adjacent to an activating group) is 2. The molecule has 1 heterocycles. The Kier molecular flexibility index (Phi) is 26.9. The number of methoxy groups -OCH3 is 2. The van der Waals surface area contributed by atoms with Crippen molar-refractivity contribution in [2.75, 3.05) is 34.9 Å². The van der Waals surface area contributed by atoms with Crippen LogP contribution in [0.3, 0.4) is 0 Å². The summed E-state index contributed by atoms with van der Waals surface area (Å²) < 4.78 is 28.9. The van der Waals surface area contributed by atoms with Gasteiger partial charge in [-0.3, -0.25) is 24.1 Å². The zero-order valence-electron chi connectivity index (χ0n) is 48.6. The number of likely N-dealkylation sites (tertiary alicyclic amines) is 1. The van der Waals surface area contributed by atoms with Crippen LogP contribution in [0.25, 0.3) is 0 Å². The summed E-state index contributed by atoms with van der Waals surface area (Å²) >= 11 is 0. The predicted molar refractivity (Wildman–Crippen MR) is 292 cm³/mol. The minimum Gasteiger partial charge on any atom is -0.445 e. The number of rotatable bonds is 29. The van der Waals surface area contributed by atoms with E-state index in [9.17, 15) is 38.7 Å². The van der Waals surface area contributed by atoms with Gasteiger partial charge in [0, 0.05) is 41.3 Å². The van der Waals surface area contributed by atoms with Crippen LogP contribution in [-0.2, 0) is 54.3 Å². The Hall–Kier alpha value is -5.79. The molecule has 3 rings (SSSR count). The highest BCUT2D eigenvalue weighted by Crippen LogP contribution is 2.30. The summed E-state index contributed by atoms with van der Waals surface area (Å²) in [6.07, 6.45) is -3.56. The summed E-state index contributed by atoms with van der Waals surface area (Å²) in [5.74, 6) is -4.70. The highest BCUT2D eigenvalue weighted by atomic mass is 16.7. The van der Waals surface area contributed by atoms with Crippen molar-refractivity contribution in [2.24, 2.45) is 35.5 Å². The van der Waals surface area contributed by atoms with E-state index in [-0.39, 0.29) is 43.1 Å². The molecule has 1 fully saturated rings. The molecule has 1 saturated heterocycles. The average Bonchev–Trinajstić information content (AvgIpc) is 3.88. The van der Waals surface area contributed by atoms with E-state index in [1.807, 2.05) is 64.1 Å². The first-order valence-corrected chi connectivity index (χ1v) is 27.4. The topological polar surface area (TPSA) is 232 Å². The van der Waals surface area contributed by atoms with Crippen LogP contribution in [0.4, 0.5) is 9.59 Å². The maximum atomic E-state index is 14.8. The molecule has 19 heteroatoms. The predicted octanol–water partition coefficient (Wildman–Crippen LogP) is 7.25. The van der Waals surface area contributed by atoms with Gasteiger partial charge < -0.3 is 54.5 Å². The Morgan fingerprint density at radius 3 is 1.86 bits per heavy atom. The van der Waals surface area contributed by atoms with E-state index < -0.39 is 114 Å². The molecule has 0 radical (unpaired) electrons. The molecule has 1 aliphatic rings. The van der Waals surface area contributed by atoms with Crippen molar-refractivity contribution in [3.8, 4) is 0 Å². The van der Waals surface area contributed by atoms with Gasteiger partial charge in [-0.1, -0.05) is 143 Å². The third-order valence-electron chi connectivity index (χ3n) is 14.6. The summed E-state index contributed by atoms with van der Waals surface area (Å²) in [5.41, 5.74) is 1.44. The number of nitrogens with zero attached hydrogens (tertiary/aromatic N) is 3. The first-order valence-electron chi connectivity index (χ1n) is 27.4. The number of aliphatic hydroxyl groups is 1. The fourth-order valence-corrected chi connectivity index (χ4v) is 9.98. The van der Waals surface area contributed by atoms with Crippen LogP contribution in [-0.4, -0.2) is 151 Å². The third-order valence-corrected chi connectivity index (χ3v) is 14.6. The van der Waals surface area contributed by atoms with Crippen molar-refractivity contribution in [3.05, 3.63) is 71.8 Å². The Labute approximate surface area is 458 Å². The van der Waals surface area contributed by atoms with E-state index in [0.29, 0.717) is 31.4 Å². The standard InChI is InChI=1S/C58H92N6O13/c1-17-38(10)50(44(73-15)32-45(65)64-30-24-29-43(64)52(74-16)39(11)53(67)59-40(12)51(66)42-27-22-19-23-28-42)62(13)55(69)47(35(4)5)60-54(68)49(37(8)9)63(14)58(72)77-46(31-34(2)3)76-56(70)48(36(6)7)61-57(71)75-33-41-25-20-18-21-26-41/h18-23,25-28,34-40,43-44,46-52,66H,17,24,29-33H2,1-16H3,(H,59,67)(H,60,68)(H,61,71)/t38-,39+,40+,43-,44+,46?,47-,48-,49-,50-,51+,52+/m0/s1. The van der Waals surface area contributed by atoms with Gasteiger partial charge in [0.1, 0.15) is 24.7 Å². The van der Waals surface area contributed by atoms with Gasteiger partial charge in [-0.25, -0.2) is 14.4 Å². The van der Waals surface area contributed by atoms with Crippen LogP contribution < -0.4 is 16.0 Å². The number of ether oxygens (including phenoxy) is 5. The van der Waals surface area contributed by atoms with Crippen molar-refractivity contribution in [3.63, 3.8) is 0 Å². The highest BCUT2D eigenvalue weighted by Gasteiger charge is 2.44. The lowest BCUT2D eigenvalue weighted by molar-refractivity contribution is -0.175. The smallest absolute Gasteiger partial charge is 0.413 e. The van der Waals surface area contributed by atoms with Gasteiger partial charge in [-0.2, -0.15) is 0 Å². The molecule has 0 aliphatic carbocycles. The minimum atomic E-state index is -1.38. The Morgan fingerprint density at radius 2 is 1.32 bits per heavy atom. The molecular formula is C58H92N6O13. The lowest BCUT2D eigenvalue weighted by Crippen LogP contribution is -2.60. The molecule has 0 bridgehead atoms. The number of amides is 6. The maximum Gasteiger partial charge on any atom is 0.413 e. The van der Waals surface area contributed by atoms with Crippen LogP contribution in [0.1, 0.15) is 132 Å². The van der Waals surface area contributed by atoms with Crippen LogP contribution in [0.5, 0.6) is 0 Å². The molecule has 2 aromatic carbocycles. The van der Waals surface area contributed by atoms with E-state index in [1.54, 1.807) is 96.5 Å². The van der Waals surface area contributed by atoms with E-state index in [1.165, 1.54) is 21.3 Å². The fraction of sp³-hybridized carbons (Fsp3) is 0.672. The number of hydrogen-bond acceptors (Lipinski definition) is 13. The molecule has 77 heavy (non-hydrogen) atoms. The number of nitrogens with one attached hydrogen (secondary N) is 3. The van der Waals surface area contributed by atoms with Crippen molar-refractivity contribution in [2.45, 2.75) is 183 Å². The maximum absolute atomic E-state index is 14.8. The quantitative estimate of drug-likeness (QED) is 0.0465. The second-order valence-corrected chi connectivity index (χ2v) is 22.1. The minimum absolute atomic E-state index is 0.0131. The van der Waals surface area contributed by atoms with E-state index in [0.717, 1.165) is 10.5 Å². The Morgan fingerprint density at radius 1 is 0.727 bits per heavy atom. The number of benzene rings is 2. The summed E-state index contributed by atoms with van der Waals surface area (Å²) in [6, 6.07) is 13.2. The number of alkyl carbamates (subject to hydrolysis) is 1. The summed E-state index contributed by atoms with van der Waals surface area (Å²) in [5, 5.41) is 19.4. The molecule has 1 unspecified atom stereocenters. The molecule has 0 aromatic heterocycles. The lowest BCUT2D eigenvalue weighted by atomic mass is 9.89. The summed E-state index contributed by atoms with van der Waals surface area (Å²) in [7, 11) is 6.06. The van der Waals surface area contributed by atoms with E-state index >= 15 is 0 Å². The van der Waals surface area contributed by atoms with Gasteiger partial charge in [0.05, 0.1) is 48.8 Å². The van der Waals surface area contributed by atoms with Gasteiger partial charge in [0.2, 0.25) is 29.9 Å². The summed E-state index contributed by atoms with van der Waals surface area (Å²) in [6.45, 7) is 22.1. The molecule has 12 atom stereocenters. The highest BCUT2D eigenvalue weighted by molar-refractivity contribution is 5.92. The second-order valence-electron chi connectivity index (χ2n) is 22.1. The molecule has 6 amide bonds. The zero-order chi connectivity index (χ0) is 57.8. The molecule has 1 aliphatic heterocycles. The Balaban J connectivity index is 1.76. The van der Waals surface area contributed by atoms with E-state index in [2.05, 4.69) is 16.0 Å². The molecule has 432 valence electrons. The first kappa shape index (κ1) is 65.5. The molecule has 0 saturated carbocycles. The van der Waals surface area contributed by atoms with Crippen LogP contribution in [0.15, 0.2) is 60.7 Å². The lowest BCUT2D eigenvalue weighted by Gasteiger charge is -2.41. The molecule has 0 spiro atoms. The molecule has 4 N–H and O–H groups in total. The molecule has 2 aromatic rings. The number of carbonyl (C=O) groups is 7. The number of aliphatic hydroxyl groups excluding tert-OH is 1. The average molecular weight is 1080 g/mol. The zero-order valence-corrected chi connectivity index (χ0v) is 48.6. The first-order chi connectivity index (χ1) is 36.3. The van der Waals surface area contributed by atoms with Crippen molar-refractivity contribution >= 4 is 41.8 Å². The largest absolute Gasteiger partial charge is 0.445 e. The number of hydrogen-bond donors (Lipinski definition) is 4. The van der Waals surface area contributed by atoms with Crippen molar-refractivity contribution < 1.29 is 62.4 Å². The van der Waals surface area contributed by atoms with Gasteiger partial charge in [-0.15, -0.1) is 0 Å². The number of carbonyl (C=O) groups excluding carboxylic acids is 7. The van der Waals surface area contributed by atoms with Crippen molar-refractivity contribution in [1.29, 1.82) is 0 Å². The number of esters is 1. The fourth-order valence-electron chi connectivity index (χ4n) is 9.98. The van der Waals surface area contributed by atoms with Crippen LogP contribution >= 0.6 is 0 Å². The molecule has 19 nitrogen and oxygen atoms in total. The monoisotopic (exact) mass is 1080 g/mol.